The highest BCUT2D eigenvalue weighted by molar-refractivity contribution is 5.88. The second-order valence-electron chi connectivity index (χ2n) is 6.10. The number of nitrogens with zero attached hydrogens (tertiary/aromatic N) is 2. The van der Waals surface area contributed by atoms with Gasteiger partial charge in [-0.15, -0.1) is 5.11 Å². The Morgan fingerprint density at radius 1 is 0.815 bits per heavy atom. The van der Waals surface area contributed by atoms with E-state index in [2.05, 4.69) is 20.4 Å². The van der Waals surface area contributed by atoms with Gasteiger partial charge in [0.2, 0.25) is 6.79 Å². The molecular weight excluding hydrogens is 344 g/mol. The standard InChI is InChI=1S/C20H14N4O3/c25-20-19(23-21-15-7-8-16-17(10-15)27-11-26-16)18(22-24-20)14-6-5-12-3-1-2-4-13(12)9-14/h1-10H,11H2,(H2,22,24,25). The SMILES string of the molecule is O=c1[nH][nH]c(-c2ccc3ccccc3c2)c1N=Nc1ccc2c(c1)OCO2. The van der Waals surface area contributed by atoms with Gasteiger partial charge in [-0.25, -0.2) is 0 Å². The van der Waals surface area contributed by atoms with Gasteiger partial charge in [0.15, 0.2) is 17.2 Å². The van der Waals surface area contributed by atoms with E-state index in [0.29, 0.717) is 22.9 Å². The Morgan fingerprint density at radius 3 is 2.59 bits per heavy atom. The summed E-state index contributed by atoms with van der Waals surface area (Å²) in [6.45, 7) is 0.194. The molecular formula is C20H14N4O3. The van der Waals surface area contributed by atoms with E-state index in [4.69, 9.17) is 9.47 Å². The lowest BCUT2D eigenvalue weighted by atomic mass is 10.0. The van der Waals surface area contributed by atoms with E-state index in [1.54, 1.807) is 18.2 Å². The van der Waals surface area contributed by atoms with Gasteiger partial charge in [0.25, 0.3) is 5.56 Å². The summed E-state index contributed by atoms with van der Waals surface area (Å²) in [5.41, 5.74) is 1.91. The molecule has 0 fully saturated rings. The van der Waals surface area contributed by atoms with E-state index in [1.165, 1.54) is 0 Å². The number of hydrogen-bond donors (Lipinski definition) is 2. The predicted octanol–water partition coefficient (Wildman–Crippen LogP) is 4.67. The fourth-order valence-corrected chi connectivity index (χ4v) is 3.06. The van der Waals surface area contributed by atoms with Crippen LogP contribution in [0, 0.1) is 0 Å². The monoisotopic (exact) mass is 358 g/mol. The highest BCUT2D eigenvalue weighted by Gasteiger charge is 2.14. The molecule has 2 N–H and O–H groups in total. The molecule has 0 spiro atoms. The third kappa shape index (κ3) is 2.75. The zero-order valence-corrected chi connectivity index (χ0v) is 14.1. The van der Waals surface area contributed by atoms with Gasteiger partial charge in [0, 0.05) is 11.6 Å². The quantitative estimate of drug-likeness (QED) is 0.521. The molecule has 1 aliphatic heterocycles. The zero-order chi connectivity index (χ0) is 18.2. The summed E-state index contributed by atoms with van der Waals surface area (Å²) in [4.78, 5) is 12.2. The average Bonchev–Trinajstić information content (AvgIpc) is 3.32. The van der Waals surface area contributed by atoms with Crippen LogP contribution in [-0.4, -0.2) is 17.0 Å². The zero-order valence-electron chi connectivity index (χ0n) is 14.1. The minimum atomic E-state index is -0.331. The second-order valence-corrected chi connectivity index (χ2v) is 6.10. The lowest BCUT2D eigenvalue weighted by Crippen LogP contribution is -1.96. The van der Waals surface area contributed by atoms with Gasteiger partial charge in [0.1, 0.15) is 0 Å². The molecule has 1 aliphatic rings. The van der Waals surface area contributed by atoms with Crippen molar-refractivity contribution in [1.29, 1.82) is 0 Å². The molecule has 4 aromatic rings. The molecule has 1 aromatic heterocycles. The van der Waals surface area contributed by atoms with Crippen molar-refractivity contribution in [1.82, 2.24) is 10.2 Å². The topological polar surface area (TPSA) is 91.8 Å². The molecule has 0 atom stereocenters. The van der Waals surface area contributed by atoms with E-state index in [9.17, 15) is 4.79 Å². The van der Waals surface area contributed by atoms with Crippen molar-refractivity contribution < 1.29 is 9.47 Å². The second kappa shape index (κ2) is 6.14. The van der Waals surface area contributed by atoms with Crippen LogP contribution >= 0.6 is 0 Å². The summed E-state index contributed by atoms with van der Waals surface area (Å²) in [5.74, 6) is 1.29. The number of rotatable bonds is 3. The van der Waals surface area contributed by atoms with E-state index < -0.39 is 0 Å². The molecule has 2 heterocycles. The van der Waals surface area contributed by atoms with Crippen molar-refractivity contribution in [3.8, 4) is 22.8 Å². The first-order chi connectivity index (χ1) is 13.3. The Labute approximate surface area is 153 Å². The molecule has 0 saturated heterocycles. The molecule has 27 heavy (non-hydrogen) atoms. The van der Waals surface area contributed by atoms with Gasteiger partial charge in [-0.3, -0.25) is 15.0 Å². The van der Waals surface area contributed by atoms with Crippen LogP contribution in [0.4, 0.5) is 11.4 Å². The predicted molar refractivity (Wildman–Crippen MR) is 101 cm³/mol. The van der Waals surface area contributed by atoms with E-state index in [0.717, 1.165) is 16.3 Å². The summed E-state index contributed by atoms with van der Waals surface area (Å²) in [7, 11) is 0. The molecule has 0 bridgehead atoms. The number of azo groups is 1. The number of benzene rings is 3. The summed E-state index contributed by atoms with van der Waals surface area (Å²) >= 11 is 0. The van der Waals surface area contributed by atoms with Crippen LogP contribution in [0.5, 0.6) is 11.5 Å². The number of aromatic nitrogens is 2. The fraction of sp³-hybridized carbons (Fsp3) is 0.0500. The largest absolute Gasteiger partial charge is 0.454 e. The van der Waals surface area contributed by atoms with Crippen molar-refractivity contribution in [2.45, 2.75) is 0 Å². The Kier molecular flexibility index (Phi) is 3.50. The minimum absolute atomic E-state index is 0.194. The summed E-state index contributed by atoms with van der Waals surface area (Å²) < 4.78 is 10.6. The van der Waals surface area contributed by atoms with Crippen molar-refractivity contribution in [3.63, 3.8) is 0 Å². The summed E-state index contributed by atoms with van der Waals surface area (Å²) in [5, 5.41) is 16.0. The Balaban J connectivity index is 1.53. The molecule has 7 heteroatoms. The lowest BCUT2D eigenvalue weighted by Gasteiger charge is -2.02. The Morgan fingerprint density at radius 2 is 1.67 bits per heavy atom. The van der Waals surface area contributed by atoms with Gasteiger partial charge in [0.05, 0.1) is 11.4 Å². The normalized spacial score (nSPS) is 12.9. The fourth-order valence-electron chi connectivity index (χ4n) is 3.06. The van der Waals surface area contributed by atoms with Crippen LogP contribution in [0.1, 0.15) is 0 Å². The van der Waals surface area contributed by atoms with Crippen molar-refractivity contribution in [3.05, 3.63) is 71.0 Å². The number of H-pyrrole nitrogens is 2. The summed E-state index contributed by atoms with van der Waals surface area (Å²) in [6, 6.07) is 19.2. The molecule has 0 amide bonds. The van der Waals surface area contributed by atoms with Crippen LogP contribution in [0.15, 0.2) is 75.7 Å². The number of ether oxygens (including phenoxy) is 2. The molecule has 132 valence electrons. The summed E-state index contributed by atoms with van der Waals surface area (Å²) in [6.07, 6.45) is 0. The number of fused-ring (bicyclic) bond motifs is 2. The van der Waals surface area contributed by atoms with Crippen LogP contribution < -0.4 is 15.0 Å². The first-order valence-corrected chi connectivity index (χ1v) is 8.39. The van der Waals surface area contributed by atoms with Gasteiger partial charge in [-0.1, -0.05) is 36.4 Å². The van der Waals surface area contributed by atoms with Crippen molar-refractivity contribution >= 4 is 22.1 Å². The van der Waals surface area contributed by atoms with Gasteiger partial charge in [-0.2, -0.15) is 5.11 Å². The third-order valence-corrected chi connectivity index (χ3v) is 4.41. The van der Waals surface area contributed by atoms with Crippen LogP contribution in [-0.2, 0) is 0 Å². The Hall–Kier alpha value is -3.87. The minimum Gasteiger partial charge on any atom is -0.454 e. The molecule has 0 radical (unpaired) electrons. The van der Waals surface area contributed by atoms with E-state index in [1.807, 2.05) is 42.5 Å². The van der Waals surface area contributed by atoms with Crippen molar-refractivity contribution in [2.24, 2.45) is 10.2 Å². The van der Waals surface area contributed by atoms with Crippen LogP contribution in [0.2, 0.25) is 0 Å². The van der Waals surface area contributed by atoms with E-state index >= 15 is 0 Å². The Bertz CT molecular complexity index is 1240. The molecule has 5 rings (SSSR count). The highest BCUT2D eigenvalue weighted by atomic mass is 16.7. The van der Waals surface area contributed by atoms with Gasteiger partial charge >= 0.3 is 0 Å². The van der Waals surface area contributed by atoms with Gasteiger partial charge < -0.3 is 9.47 Å². The van der Waals surface area contributed by atoms with Crippen LogP contribution in [0.25, 0.3) is 22.0 Å². The molecule has 3 aromatic carbocycles. The van der Waals surface area contributed by atoms with Gasteiger partial charge in [-0.05, 0) is 29.0 Å². The maximum atomic E-state index is 12.2. The number of hydrogen-bond acceptors (Lipinski definition) is 5. The molecule has 0 saturated carbocycles. The maximum Gasteiger partial charge on any atom is 0.292 e. The van der Waals surface area contributed by atoms with Crippen molar-refractivity contribution in [2.75, 3.05) is 6.79 Å². The molecule has 0 unspecified atom stereocenters. The first-order valence-electron chi connectivity index (χ1n) is 8.39. The highest BCUT2D eigenvalue weighted by Crippen LogP contribution is 2.36. The first kappa shape index (κ1) is 15.4. The lowest BCUT2D eigenvalue weighted by molar-refractivity contribution is 0.174. The smallest absolute Gasteiger partial charge is 0.292 e. The van der Waals surface area contributed by atoms with Crippen LogP contribution in [0.3, 0.4) is 0 Å². The maximum absolute atomic E-state index is 12.2. The molecule has 0 aliphatic carbocycles. The van der Waals surface area contributed by atoms with E-state index in [-0.39, 0.29) is 18.0 Å². The number of aromatic amines is 2. The third-order valence-electron chi connectivity index (χ3n) is 4.41. The molecule has 7 nitrogen and oxygen atoms in total. The average molecular weight is 358 g/mol. The number of nitrogens with one attached hydrogen (secondary N) is 2.